The highest BCUT2D eigenvalue weighted by Gasteiger charge is 2.51. The Morgan fingerprint density at radius 2 is 1.96 bits per heavy atom. The summed E-state index contributed by atoms with van der Waals surface area (Å²) in [6, 6.07) is 10.0. The van der Waals surface area contributed by atoms with E-state index >= 15 is 0 Å². The van der Waals surface area contributed by atoms with Gasteiger partial charge in [-0.15, -0.1) is 0 Å². The van der Waals surface area contributed by atoms with E-state index in [0.717, 1.165) is 32.1 Å². The molecule has 1 aromatic carbocycles. The lowest BCUT2D eigenvalue weighted by Gasteiger charge is -2.38. The lowest BCUT2D eigenvalue weighted by Crippen LogP contribution is -2.56. The maximum Gasteiger partial charge on any atom is 0.223 e. The molecular weight excluding hydrogens is 342 g/mol. The molecule has 0 bridgehead atoms. The van der Waals surface area contributed by atoms with E-state index in [4.69, 9.17) is 5.73 Å². The predicted octanol–water partition coefficient (Wildman–Crippen LogP) is 1.91. The standard InChI is InChI=1S/C21H29N3O3/c1-21-14-16(13-15-7-3-2-4-8-15)24(20(27)12-11-18(22)25)17(21)9-5-6-10-19(26)23-21/h2-4,7-8,16-17H,5-6,9-14H2,1H3,(H2,22,25)(H,23,26)/t16-,17+,21+/m1/s1. The van der Waals surface area contributed by atoms with E-state index in [1.165, 1.54) is 5.56 Å². The molecule has 0 unspecified atom stereocenters. The fourth-order valence-corrected chi connectivity index (χ4v) is 4.67. The van der Waals surface area contributed by atoms with Gasteiger partial charge in [0.15, 0.2) is 0 Å². The molecule has 3 rings (SSSR count). The number of nitrogens with zero attached hydrogens (tertiary/aromatic N) is 1. The van der Waals surface area contributed by atoms with E-state index < -0.39 is 11.4 Å². The quantitative estimate of drug-likeness (QED) is 0.828. The van der Waals surface area contributed by atoms with Crippen LogP contribution in [0.1, 0.15) is 57.4 Å². The zero-order valence-electron chi connectivity index (χ0n) is 15.9. The summed E-state index contributed by atoms with van der Waals surface area (Å²) in [5, 5.41) is 3.20. The number of carbonyl (C=O) groups is 3. The molecule has 146 valence electrons. The van der Waals surface area contributed by atoms with Gasteiger partial charge in [-0.2, -0.15) is 0 Å². The lowest BCUT2D eigenvalue weighted by atomic mass is 9.85. The number of fused-ring (bicyclic) bond motifs is 1. The fraction of sp³-hybridized carbons (Fsp3) is 0.571. The van der Waals surface area contributed by atoms with Gasteiger partial charge in [-0.25, -0.2) is 0 Å². The molecule has 0 aliphatic carbocycles. The Hall–Kier alpha value is -2.37. The van der Waals surface area contributed by atoms with Gasteiger partial charge < -0.3 is 16.0 Å². The molecule has 6 heteroatoms. The topological polar surface area (TPSA) is 92.5 Å². The minimum Gasteiger partial charge on any atom is -0.370 e. The summed E-state index contributed by atoms with van der Waals surface area (Å²) in [5.41, 5.74) is 5.99. The van der Waals surface area contributed by atoms with Crippen molar-refractivity contribution in [1.29, 1.82) is 0 Å². The van der Waals surface area contributed by atoms with E-state index in [1.54, 1.807) is 0 Å². The highest BCUT2D eigenvalue weighted by atomic mass is 16.2. The van der Waals surface area contributed by atoms with Gasteiger partial charge >= 0.3 is 0 Å². The van der Waals surface area contributed by atoms with Crippen LogP contribution in [0, 0.1) is 0 Å². The van der Waals surface area contributed by atoms with Crippen molar-refractivity contribution in [3.05, 3.63) is 35.9 Å². The second kappa shape index (κ2) is 8.11. The maximum atomic E-state index is 13.0. The molecule has 1 aromatic rings. The molecular formula is C21H29N3O3. The van der Waals surface area contributed by atoms with Crippen LogP contribution < -0.4 is 11.1 Å². The number of amides is 3. The van der Waals surface area contributed by atoms with Crippen LogP contribution in [0.25, 0.3) is 0 Å². The summed E-state index contributed by atoms with van der Waals surface area (Å²) in [4.78, 5) is 38.4. The van der Waals surface area contributed by atoms with Crippen molar-refractivity contribution in [2.24, 2.45) is 5.73 Å². The summed E-state index contributed by atoms with van der Waals surface area (Å²) >= 11 is 0. The highest BCUT2D eigenvalue weighted by molar-refractivity contribution is 5.84. The number of hydrogen-bond acceptors (Lipinski definition) is 3. The first kappa shape index (κ1) is 19.4. The molecule has 2 aliphatic heterocycles. The monoisotopic (exact) mass is 371 g/mol. The first-order valence-electron chi connectivity index (χ1n) is 9.83. The number of likely N-dealkylation sites (tertiary alicyclic amines) is 1. The number of nitrogens with one attached hydrogen (secondary N) is 1. The van der Waals surface area contributed by atoms with Crippen molar-refractivity contribution >= 4 is 17.7 Å². The van der Waals surface area contributed by atoms with Gasteiger partial charge in [-0.3, -0.25) is 14.4 Å². The number of rotatable bonds is 5. The third-order valence-electron chi connectivity index (χ3n) is 5.87. The first-order valence-corrected chi connectivity index (χ1v) is 9.83. The molecule has 6 nitrogen and oxygen atoms in total. The summed E-state index contributed by atoms with van der Waals surface area (Å²) in [6.07, 6.45) is 4.82. The summed E-state index contributed by atoms with van der Waals surface area (Å²) in [5.74, 6) is -0.443. The fourth-order valence-electron chi connectivity index (χ4n) is 4.67. The smallest absolute Gasteiger partial charge is 0.223 e. The van der Waals surface area contributed by atoms with Crippen molar-refractivity contribution in [2.75, 3.05) is 0 Å². The Morgan fingerprint density at radius 3 is 2.67 bits per heavy atom. The predicted molar refractivity (Wildman–Crippen MR) is 103 cm³/mol. The van der Waals surface area contributed by atoms with Crippen LogP contribution in [-0.2, 0) is 20.8 Å². The Kier molecular flexibility index (Phi) is 5.82. The van der Waals surface area contributed by atoms with Crippen molar-refractivity contribution in [1.82, 2.24) is 10.2 Å². The van der Waals surface area contributed by atoms with E-state index in [1.807, 2.05) is 23.1 Å². The zero-order valence-corrected chi connectivity index (χ0v) is 15.9. The van der Waals surface area contributed by atoms with E-state index in [9.17, 15) is 14.4 Å². The zero-order chi connectivity index (χ0) is 19.4. The SMILES string of the molecule is C[C@]12C[C@@H](Cc3ccccc3)N(C(=O)CCC(N)=O)[C@H]1CCCCC(=O)N2. The molecule has 2 fully saturated rings. The second-order valence-electron chi connectivity index (χ2n) is 8.04. The Balaban J connectivity index is 1.87. The number of carbonyl (C=O) groups excluding carboxylic acids is 3. The maximum absolute atomic E-state index is 13.0. The van der Waals surface area contributed by atoms with Crippen molar-refractivity contribution in [2.45, 2.75) is 75.9 Å². The van der Waals surface area contributed by atoms with Crippen LogP contribution >= 0.6 is 0 Å². The van der Waals surface area contributed by atoms with E-state index in [0.29, 0.717) is 6.42 Å². The molecule has 3 atom stereocenters. The highest BCUT2D eigenvalue weighted by Crippen LogP contribution is 2.39. The minimum atomic E-state index is -0.462. The van der Waals surface area contributed by atoms with E-state index in [-0.39, 0.29) is 36.7 Å². The molecule has 2 aliphatic rings. The van der Waals surface area contributed by atoms with Crippen molar-refractivity contribution < 1.29 is 14.4 Å². The molecule has 0 radical (unpaired) electrons. The summed E-state index contributed by atoms with van der Waals surface area (Å²) in [6.45, 7) is 2.06. The van der Waals surface area contributed by atoms with Crippen molar-refractivity contribution in [3.8, 4) is 0 Å². The molecule has 0 saturated carbocycles. The Labute approximate surface area is 160 Å². The summed E-state index contributed by atoms with van der Waals surface area (Å²) < 4.78 is 0. The minimum absolute atomic E-state index is 0.00109. The van der Waals surface area contributed by atoms with Gasteiger partial charge in [0.2, 0.25) is 17.7 Å². The molecule has 3 amide bonds. The van der Waals surface area contributed by atoms with Crippen LogP contribution in [0.4, 0.5) is 0 Å². The average molecular weight is 371 g/mol. The lowest BCUT2D eigenvalue weighted by molar-refractivity contribution is -0.137. The largest absolute Gasteiger partial charge is 0.370 e. The molecule has 0 aromatic heterocycles. The van der Waals surface area contributed by atoms with Crippen LogP contribution in [0.15, 0.2) is 30.3 Å². The third-order valence-corrected chi connectivity index (χ3v) is 5.87. The number of nitrogens with two attached hydrogens (primary N) is 1. The number of primary amides is 1. The van der Waals surface area contributed by atoms with Crippen LogP contribution in [0.5, 0.6) is 0 Å². The van der Waals surface area contributed by atoms with Gasteiger partial charge in [0.1, 0.15) is 0 Å². The van der Waals surface area contributed by atoms with Gasteiger partial charge in [0, 0.05) is 25.3 Å². The van der Waals surface area contributed by atoms with Gasteiger partial charge in [-0.1, -0.05) is 36.8 Å². The molecule has 2 heterocycles. The van der Waals surface area contributed by atoms with Crippen LogP contribution in [0.3, 0.4) is 0 Å². The average Bonchev–Trinajstić information content (AvgIpc) is 2.86. The second-order valence-corrected chi connectivity index (χ2v) is 8.04. The van der Waals surface area contributed by atoms with Gasteiger partial charge in [0.25, 0.3) is 0 Å². The van der Waals surface area contributed by atoms with Crippen LogP contribution in [0.2, 0.25) is 0 Å². The van der Waals surface area contributed by atoms with E-state index in [2.05, 4.69) is 24.4 Å². The third kappa shape index (κ3) is 4.49. The van der Waals surface area contributed by atoms with Gasteiger partial charge in [0.05, 0.1) is 11.6 Å². The molecule has 0 spiro atoms. The van der Waals surface area contributed by atoms with Gasteiger partial charge in [-0.05, 0) is 38.2 Å². The first-order chi connectivity index (χ1) is 12.9. The number of hydrogen-bond donors (Lipinski definition) is 2. The summed E-state index contributed by atoms with van der Waals surface area (Å²) in [7, 11) is 0. The Morgan fingerprint density at radius 1 is 1.22 bits per heavy atom. The van der Waals surface area contributed by atoms with Crippen molar-refractivity contribution in [3.63, 3.8) is 0 Å². The normalized spacial score (nSPS) is 28.0. The molecule has 2 saturated heterocycles. The molecule has 3 N–H and O–H groups in total. The van der Waals surface area contributed by atoms with Crippen LogP contribution in [-0.4, -0.2) is 40.2 Å². The molecule has 27 heavy (non-hydrogen) atoms. The Bertz CT molecular complexity index is 706. The number of benzene rings is 1.